The van der Waals surface area contributed by atoms with Gasteiger partial charge in [-0.25, -0.2) is 4.98 Å². The van der Waals surface area contributed by atoms with E-state index in [9.17, 15) is 0 Å². The SMILES string of the molecule is c1ccc(-c2ccc(N(c3ccccc3)c3ccc4oc5ccc6oc(-c7ccccc7)nc6c5c4c3)cc2)cc1. The van der Waals surface area contributed by atoms with E-state index < -0.39 is 0 Å². The first-order valence-corrected chi connectivity index (χ1v) is 13.6. The van der Waals surface area contributed by atoms with Gasteiger partial charge in [-0.2, -0.15) is 0 Å². The quantitative estimate of drug-likeness (QED) is 0.223. The van der Waals surface area contributed by atoms with E-state index >= 15 is 0 Å². The Morgan fingerprint density at radius 1 is 0.439 bits per heavy atom. The van der Waals surface area contributed by atoms with Crippen LogP contribution in [0.1, 0.15) is 0 Å². The lowest BCUT2D eigenvalue weighted by Crippen LogP contribution is -2.09. The van der Waals surface area contributed by atoms with E-state index in [-0.39, 0.29) is 0 Å². The van der Waals surface area contributed by atoms with Crippen molar-refractivity contribution in [2.75, 3.05) is 4.90 Å². The summed E-state index contributed by atoms with van der Waals surface area (Å²) in [7, 11) is 0. The number of nitrogens with zero attached hydrogens (tertiary/aromatic N) is 2. The van der Waals surface area contributed by atoms with Gasteiger partial charge in [-0.05, 0) is 77.9 Å². The number of aromatic nitrogens is 1. The Labute approximate surface area is 236 Å². The van der Waals surface area contributed by atoms with Gasteiger partial charge >= 0.3 is 0 Å². The predicted octanol–water partition coefficient (Wildman–Crippen LogP) is 10.5. The van der Waals surface area contributed by atoms with Gasteiger partial charge in [-0.15, -0.1) is 0 Å². The molecule has 2 heterocycles. The third kappa shape index (κ3) is 4.05. The summed E-state index contributed by atoms with van der Waals surface area (Å²) in [6, 6.07) is 49.8. The van der Waals surface area contributed by atoms with Crippen LogP contribution in [0.15, 0.2) is 154 Å². The van der Waals surface area contributed by atoms with Crippen molar-refractivity contribution in [3.63, 3.8) is 0 Å². The van der Waals surface area contributed by atoms with E-state index in [0.29, 0.717) is 5.89 Å². The second kappa shape index (κ2) is 9.54. The van der Waals surface area contributed by atoms with Gasteiger partial charge in [-0.1, -0.05) is 78.9 Å². The minimum atomic E-state index is 0.600. The third-order valence-corrected chi connectivity index (χ3v) is 7.50. The number of hydrogen-bond donors (Lipinski definition) is 0. The molecule has 0 fully saturated rings. The molecule has 0 amide bonds. The summed E-state index contributed by atoms with van der Waals surface area (Å²) in [6.07, 6.45) is 0. The maximum absolute atomic E-state index is 6.29. The lowest BCUT2D eigenvalue weighted by atomic mass is 10.0. The van der Waals surface area contributed by atoms with E-state index in [1.807, 2.05) is 60.7 Å². The van der Waals surface area contributed by atoms with Crippen molar-refractivity contribution >= 4 is 50.1 Å². The lowest BCUT2D eigenvalue weighted by molar-refractivity contribution is 0.619. The molecule has 0 bridgehead atoms. The standard InChI is InChI=1S/C37H24N2O2/c1-4-10-25(11-5-1)26-16-18-29(19-17-26)39(28-14-8-3-9-15-28)30-20-21-32-31(24-30)35-33(40-32)22-23-34-36(35)38-37(41-34)27-12-6-2-7-13-27/h1-24H. The van der Waals surface area contributed by atoms with Crippen LogP contribution < -0.4 is 4.90 Å². The van der Waals surface area contributed by atoms with Gasteiger partial charge in [0, 0.05) is 28.0 Å². The first kappa shape index (κ1) is 23.3. The van der Waals surface area contributed by atoms with Crippen LogP contribution in [-0.2, 0) is 0 Å². The van der Waals surface area contributed by atoms with Crippen LogP contribution >= 0.6 is 0 Å². The number of oxazole rings is 1. The van der Waals surface area contributed by atoms with Crippen molar-refractivity contribution in [3.05, 3.63) is 146 Å². The Morgan fingerprint density at radius 2 is 1.00 bits per heavy atom. The molecule has 0 N–H and O–H groups in total. The highest BCUT2D eigenvalue weighted by Crippen LogP contribution is 2.41. The molecule has 0 saturated heterocycles. The Bertz CT molecular complexity index is 2130. The first-order valence-electron chi connectivity index (χ1n) is 13.6. The third-order valence-electron chi connectivity index (χ3n) is 7.50. The van der Waals surface area contributed by atoms with E-state index in [1.54, 1.807) is 0 Å². The smallest absolute Gasteiger partial charge is 0.227 e. The average Bonchev–Trinajstić information content (AvgIpc) is 3.64. The molecule has 41 heavy (non-hydrogen) atoms. The zero-order valence-electron chi connectivity index (χ0n) is 22.1. The topological polar surface area (TPSA) is 42.4 Å². The molecule has 0 aliphatic carbocycles. The Kier molecular flexibility index (Phi) is 5.42. The predicted molar refractivity (Wildman–Crippen MR) is 167 cm³/mol. The van der Waals surface area contributed by atoms with Crippen LogP contribution in [-0.4, -0.2) is 4.98 Å². The van der Waals surface area contributed by atoms with Gasteiger partial charge in [0.25, 0.3) is 0 Å². The van der Waals surface area contributed by atoms with E-state index in [1.165, 1.54) is 11.1 Å². The number of fused-ring (bicyclic) bond motifs is 5. The fraction of sp³-hybridized carbons (Fsp3) is 0. The Hall–Kier alpha value is -5.61. The number of para-hydroxylation sites is 1. The van der Waals surface area contributed by atoms with Crippen molar-refractivity contribution < 1.29 is 8.83 Å². The van der Waals surface area contributed by atoms with Crippen LogP contribution in [0.2, 0.25) is 0 Å². The highest BCUT2D eigenvalue weighted by Gasteiger charge is 2.19. The summed E-state index contributed by atoms with van der Waals surface area (Å²) >= 11 is 0. The first-order chi connectivity index (χ1) is 20.3. The number of anilines is 3. The molecule has 194 valence electrons. The maximum Gasteiger partial charge on any atom is 0.227 e. The molecule has 0 atom stereocenters. The average molecular weight is 529 g/mol. The van der Waals surface area contributed by atoms with Crippen LogP contribution in [0.5, 0.6) is 0 Å². The second-order valence-corrected chi connectivity index (χ2v) is 10.0. The molecule has 4 heteroatoms. The normalized spacial score (nSPS) is 11.4. The molecule has 0 unspecified atom stereocenters. The fourth-order valence-corrected chi connectivity index (χ4v) is 5.54. The van der Waals surface area contributed by atoms with Gasteiger partial charge in [0.1, 0.15) is 16.7 Å². The summed E-state index contributed by atoms with van der Waals surface area (Å²) < 4.78 is 12.5. The number of hydrogen-bond acceptors (Lipinski definition) is 4. The van der Waals surface area contributed by atoms with Gasteiger partial charge in [0.2, 0.25) is 5.89 Å². The van der Waals surface area contributed by atoms with Crippen molar-refractivity contribution in [2.45, 2.75) is 0 Å². The molecule has 0 saturated carbocycles. The van der Waals surface area contributed by atoms with Crippen molar-refractivity contribution in [1.82, 2.24) is 4.98 Å². The van der Waals surface area contributed by atoms with Gasteiger partial charge in [-0.3, -0.25) is 0 Å². The molecule has 4 nitrogen and oxygen atoms in total. The molecule has 8 aromatic rings. The molecule has 0 aliphatic rings. The molecule has 6 aromatic carbocycles. The monoisotopic (exact) mass is 528 g/mol. The molecular formula is C37H24N2O2. The highest BCUT2D eigenvalue weighted by atomic mass is 16.4. The molecule has 0 aliphatic heterocycles. The van der Waals surface area contributed by atoms with Crippen LogP contribution in [0.25, 0.3) is 55.6 Å². The van der Waals surface area contributed by atoms with Gasteiger partial charge < -0.3 is 13.7 Å². The van der Waals surface area contributed by atoms with Crippen LogP contribution in [0, 0.1) is 0 Å². The molecule has 8 rings (SSSR count). The summed E-state index contributed by atoms with van der Waals surface area (Å²) in [5, 5.41) is 1.95. The van der Waals surface area contributed by atoms with Crippen molar-refractivity contribution in [3.8, 4) is 22.6 Å². The summed E-state index contributed by atoms with van der Waals surface area (Å²) in [4.78, 5) is 7.19. The van der Waals surface area contributed by atoms with Crippen molar-refractivity contribution in [1.29, 1.82) is 0 Å². The number of benzene rings is 6. The van der Waals surface area contributed by atoms with Gasteiger partial charge in [0.15, 0.2) is 5.58 Å². The lowest BCUT2D eigenvalue weighted by Gasteiger charge is -2.25. The van der Waals surface area contributed by atoms with E-state index in [4.69, 9.17) is 13.8 Å². The minimum absolute atomic E-state index is 0.600. The zero-order valence-corrected chi connectivity index (χ0v) is 22.1. The summed E-state index contributed by atoms with van der Waals surface area (Å²) in [5.74, 6) is 0.600. The number of rotatable bonds is 5. The minimum Gasteiger partial charge on any atom is -0.456 e. The Balaban J connectivity index is 1.29. The Morgan fingerprint density at radius 3 is 1.73 bits per heavy atom. The van der Waals surface area contributed by atoms with Gasteiger partial charge in [0.05, 0.1) is 5.39 Å². The van der Waals surface area contributed by atoms with E-state index in [0.717, 1.165) is 55.7 Å². The maximum atomic E-state index is 6.29. The molecule has 0 spiro atoms. The van der Waals surface area contributed by atoms with Crippen LogP contribution in [0.3, 0.4) is 0 Å². The summed E-state index contributed by atoms with van der Waals surface area (Å²) in [6.45, 7) is 0. The van der Waals surface area contributed by atoms with Crippen LogP contribution in [0.4, 0.5) is 17.1 Å². The summed E-state index contributed by atoms with van der Waals surface area (Å²) in [5.41, 5.74) is 9.64. The molecular weight excluding hydrogens is 504 g/mol. The zero-order chi connectivity index (χ0) is 27.2. The van der Waals surface area contributed by atoms with Crippen molar-refractivity contribution in [2.24, 2.45) is 0 Å². The molecule has 2 aromatic heterocycles. The number of furan rings is 1. The fourth-order valence-electron chi connectivity index (χ4n) is 5.54. The van der Waals surface area contributed by atoms with E-state index in [2.05, 4.69) is 89.8 Å². The largest absolute Gasteiger partial charge is 0.456 e. The highest BCUT2D eigenvalue weighted by molar-refractivity contribution is 6.17. The molecule has 0 radical (unpaired) electrons. The second-order valence-electron chi connectivity index (χ2n) is 10.0.